The summed E-state index contributed by atoms with van der Waals surface area (Å²) >= 11 is 0. The van der Waals surface area contributed by atoms with Crippen LogP contribution >= 0.6 is 0 Å². The third kappa shape index (κ3) is 2.20. The van der Waals surface area contributed by atoms with E-state index in [4.69, 9.17) is 4.74 Å². The predicted molar refractivity (Wildman–Crippen MR) is 69.8 cm³/mol. The molecular formula is C13H12O6S. The number of hydrogen-bond acceptors (Lipinski definition) is 6. The molecule has 0 saturated heterocycles. The van der Waals surface area contributed by atoms with Gasteiger partial charge in [-0.05, 0) is 36.8 Å². The molecule has 0 aliphatic carbocycles. The van der Waals surface area contributed by atoms with Gasteiger partial charge in [-0.15, -0.1) is 0 Å². The maximum atomic E-state index is 12.3. The van der Waals surface area contributed by atoms with Crippen molar-refractivity contribution in [1.29, 1.82) is 0 Å². The van der Waals surface area contributed by atoms with Crippen LogP contribution in [0.4, 0.5) is 0 Å². The lowest BCUT2D eigenvalue weighted by molar-refractivity contribution is -0.151. The first-order valence-electron chi connectivity index (χ1n) is 5.78. The normalized spacial score (nSPS) is 15.2. The summed E-state index contributed by atoms with van der Waals surface area (Å²) in [6.07, 6.45) is 1.17. The minimum atomic E-state index is -4.01. The first-order valence-corrected chi connectivity index (χ1v) is 7.26. The van der Waals surface area contributed by atoms with Gasteiger partial charge in [-0.1, -0.05) is 0 Å². The largest absolute Gasteiger partial charge is 0.497 e. The fourth-order valence-electron chi connectivity index (χ4n) is 1.82. The summed E-state index contributed by atoms with van der Waals surface area (Å²) in [4.78, 5) is 22.6. The van der Waals surface area contributed by atoms with E-state index in [-0.39, 0.29) is 11.5 Å². The van der Waals surface area contributed by atoms with Crippen molar-refractivity contribution in [3.63, 3.8) is 0 Å². The van der Waals surface area contributed by atoms with Crippen LogP contribution < -0.4 is 4.74 Å². The zero-order valence-electron chi connectivity index (χ0n) is 10.9. The second-order valence-corrected chi connectivity index (χ2v) is 5.85. The second kappa shape index (κ2) is 5.09. The van der Waals surface area contributed by atoms with Crippen LogP contribution in [0.1, 0.15) is 12.5 Å². The monoisotopic (exact) mass is 296 g/mol. The molecule has 0 bridgehead atoms. The fourth-order valence-corrected chi connectivity index (χ4v) is 3.37. The van der Waals surface area contributed by atoms with Crippen LogP contribution in [0.25, 0.3) is 6.08 Å². The van der Waals surface area contributed by atoms with Crippen LogP contribution in [0.2, 0.25) is 0 Å². The zero-order valence-corrected chi connectivity index (χ0v) is 11.7. The highest BCUT2D eigenvalue weighted by Gasteiger charge is 2.38. The van der Waals surface area contributed by atoms with Gasteiger partial charge in [0, 0.05) is 0 Å². The molecule has 106 valence electrons. The maximum absolute atomic E-state index is 12.3. The highest BCUT2D eigenvalue weighted by Crippen LogP contribution is 2.35. The van der Waals surface area contributed by atoms with Gasteiger partial charge in [0.25, 0.3) is 5.78 Å². The van der Waals surface area contributed by atoms with Crippen LogP contribution in [-0.4, -0.2) is 33.9 Å². The summed E-state index contributed by atoms with van der Waals surface area (Å²) in [5.74, 6) is -1.99. The molecule has 1 heterocycles. The lowest BCUT2D eigenvalue weighted by atomic mass is 10.2. The number of ketones is 1. The number of ether oxygens (including phenoxy) is 2. The van der Waals surface area contributed by atoms with Crippen molar-refractivity contribution in [2.24, 2.45) is 0 Å². The minimum absolute atomic E-state index is 0.00132. The van der Waals surface area contributed by atoms with Crippen molar-refractivity contribution < 1.29 is 27.5 Å². The molecule has 6 nitrogen and oxygen atoms in total. The summed E-state index contributed by atoms with van der Waals surface area (Å²) in [5.41, 5.74) is 0.346. The van der Waals surface area contributed by atoms with E-state index in [0.29, 0.717) is 11.3 Å². The lowest BCUT2D eigenvalue weighted by Crippen LogP contribution is -2.22. The van der Waals surface area contributed by atoms with E-state index in [1.807, 2.05) is 0 Å². The van der Waals surface area contributed by atoms with Gasteiger partial charge < -0.3 is 9.47 Å². The number of rotatable bonds is 4. The SMILES string of the molecule is CCOC(=O)C(=O)C1=Cc2ccc(OC)cc2S1(=O)=O. The molecule has 0 fully saturated rings. The summed E-state index contributed by atoms with van der Waals surface area (Å²) in [7, 11) is -2.61. The Bertz CT molecular complexity index is 714. The Morgan fingerprint density at radius 2 is 1.95 bits per heavy atom. The number of benzene rings is 1. The standard InChI is InChI=1S/C13H12O6S/c1-3-19-13(15)12(14)11-6-8-4-5-9(18-2)7-10(8)20(11,16)17/h4-7H,3H2,1-2H3. The van der Waals surface area contributed by atoms with E-state index >= 15 is 0 Å². The number of hydrogen-bond donors (Lipinski definition) is 0. The van der Waals surface area contributed by atoms with Gasteiger partial charge in [0.2, 0.25) is 9.84 Å². The molecule has 1 aliphatic rings. The van der Waals surface area contributed by atoms with Crippen LogP contribution in [0.5, 0.6) is 5.75 Å². The average molecular weight is 296 g/mol. The van der Waals surface area contributed by atoms with E-state index in [2.05, 4.69) is 4.74 Å². The Morgan fingerprint density at radius 1 is 1.25 bits per heavy atom. The molecule has 0 spiro atoms. The minimum Gasteiger partial charge on any atom is -0.497 e. The first kappa shape index (κ1) is 14.3. The molecule has 0 aromatic heterocycles. The average Bonchev–Trinajstić information content (AvgIpc) is 2.69. The Kier molecular flexibility index (Phi) is 3.63. The number of Topliss-reactive ketones (excluding diaryl/α,β-unsaturated/α-hetero) is 1. The Balaban J connectivity index is 2.46. The van der Waals surface area contributed by atoms with E-state index in [0.717, 1.165) is 0 Å². The Hall–Kier alpha value is -2.15. The van der Waals surface area contributed by atoms with Gasteiger partial charge >= 0.3 is 5.97 Å². The van der Waals surface area contributed by atoms with Crippen molar-refractivity contribution in [2.75, 3.05) is 13.7 Å². The Labute approximate surface area is 115 Å². The van der Waals surface area contributed by atoms with E-state index in [1.165, 1.54) is 32.2 Å². The smallest absolute Gasteiger partial charge is 0.380 e. The topological polar surface area (TPSA) is 86.7 Å². The fraction of sp³-hybridized carbons (Fsp3) is 0.231. The second-order valence-electron chi connectivity index (χ2n) is 3.97. The van der Waals surface area contributed by atoms with Crippen LogP contribution in [0.15, 0.2) is 28.0 Å². The molecule has 1 aliphatic heterocycles. The first-order chi connectivity index (χ1) is 9.41. The molecule has 1 aromatic rings. The summed E-state index contributed by atoms with van der Waals surface area (Å²) < 4.78 is 34.0. The highest BCUT2D eigenvalue weighted by molar-refractivity contribution is 7.97. The van der Waals surface area contributed by atoms with Crippen molar-refractivity contribution in [2.45, 2.75) is 11.8 Å². The molecular weight excluding hydrogens is 284 g/mol. The van der Waals surface area contributed by atoms with Crippen molar-refractivity contribution in [3.8, 4) is 5.75 Å². The third-order valence-electron chi connectivity index (χ3n) is 2.77. The maximum Gasteiger partial charge on any atom is 0.380 e. The van der Waals surface area contributed by atoms with E-state index in [1.54, 1.807) is 6.07 Å². The van der Waals surface area contributed by atoms with Gasteiger partial charge in [0.05, 0.1) is 18.6 Å². The summed E-state index contributed by atoms with van der Waals surface area (Å²) in [6.45, 7) is 1.53. The molecule has 0 saturated carbocycles. The van der Waals surface area contributed by atoms with Crippen molar-refractivity contribution in [3.05, 3.63) is 28.7 Å². The number of fused-ring (bicyclic) bond motifs is 1. The Morgan fingerprint density at radius 3 is 2.55 bits per heavy atom. The molecule has 7 heteroatoms. The highest BCUT2D eigenvalue weighted by atomic mass is 32.2. The number of esters is 1. The van der Waals surface area contributed by atoms with Gasteiger partial charge in [0.15, 0.2) is 0 Å². The summed E-state index contributed by atoms with van der Waals surface area (Å²) in [5, 5.41) is 0. The van der Waals surface area contributed by atoms with Crippen molar-refractivity contribution >= 4 is 27.7 Å². The predicted octanol–water partition coefficient (Wildman–Crippen LogP) is 0.956. The number of carbonyl (C=O) groups is 2. The van der Waals surface area contributed by atoms with Crippen molar-refractivity contribution in [1.82, 2.24) is 0 Å². The van der Waals surface area contributed by atoms with E-state index < -0.39 is 26.5 Å². The number of carbonyl (C=O) groups excluding carboxylic acids is 2. The molecule has 0 atom stereocenters. The van der Waals surface area contributed by atoms with E-state index in [9.17, 15) is 18.0 Å². The van der Waals surface area contributed by atoms with Crippen LogP contribution in [0.3, 0.4) is 0 Å². The molecule has 0 unspecified atom stereocenters. The van der Waals surface area contributed by atoms with Crippen LogP contribution in [0, 0.1) is 0 Å². The molecule has 0 radical (unpaired) electrons. The number of methoxy groups -OCH3 is 1. The van der Waals surface area contributed by atoms with Crippen LogP contribution in [-0.2, 0) is 24.2 Å². The number of sulfone groups is 1. The molecule has 0 amide bonds. The summed E-state index contributed by atoms with van der Waals surface area (Å²) in [6, 6.07) is 4.40. The molecule has 0 N–H and O–H groups in total. The lowest BCUT2D eigenvalue weighted by Gasteiger charge is -2.04. The van der Waals surface area contributed by atoms with Gasteiger partial charge in [-0.3, -0.25) is 4.79 Å². The third-order valence-corrected chi connectivity index (χ3v) is 4.59. The molecule has 2 rings (SSSR count). The van der Waals surface area contributed by atoms with Gasteiger partial charge in [-0.25, -0.2) is 13.2 Å². The molecule has 1 aromatic carbocycles. The quantitative estimate of drug-likeness (QED) is 0.607. The van der Waals surface area contributed by atoms with Gasteiger partial charge in [0.1, 0.15) is 10.7 Å². The van der Waals surface area contributed by atoms with Gasteiger partial charge in [-0.2, -0.15) is 0 Å². The zero-order chi connectivity index (χ0) is 14.9. The molecule has 20 heavy (non-hydrogen) atoms.